The van der Waals surface area contributed by atoms with E-state index in [9.17, 15) is 0 Å². The molecular formula is C16H28N4. The number of pyridine rings is 1. The van der Waals surface area contributed by atoms with E-state index in [4.69, 9.17) is 5.73 Å². The molecule has 0 radical (unpaired) electrons. The maximum absolute atomic E-state index is 6.42. The summed E-state index contributed by atoms with van der Waals surface area (Å²) in [5, 5.41) is 0. The SMILES string of the molecule is CCC(N)C(c1cccnc1)N1CC(C)N(C)C(C)C1. The van der Waals surface area contributed by atoms with Gasteiger partial charge in [0.1, 0.15) is 0 Å². The zero-order valence-corrected chi connectivity index (χ0v) is 13.2. The van der Waals surface area contributed by atoms with Crippen molar-refractivity contribution >= 4 is 0 Å². The van der Waals surface area contributed by atoms with Crippen molar-refractivity contribution in [3.05, 3.63) is 30.1 Å². The molecule has 0 aromatic carbocycles. The smallest absolute Gasteiger partial charge is 0.0515 e. The van der Waals surface area contributed by atoms with Gasteiger partial charge >= 0.3 is 0 Å². The Bertz CT molecular complexity index is 396. The summed E-state index contributed by atoms with van der Waals surface area (Å²) in [4.78, 5) is 9.27. The van der Waals surface area contributed by atoms with Gasteiger partial charge in [0.15, 0.2) is 0 Å². The molecule has 1 aromatic heterocycles. The highest BCUT2D eigenvalue weighted by Gasteiger charge is 2.33. The lowest BCUT2D eigenvalue weighted by Gasteiger charge is -2.47. The summed E-state index contributed by atoms with van der Waals surface area (Å²) in [6.45, 7) is 8.88. The molecule has 112 valence electrons. The highest BCUT2D eigenvalue weighted by Crippen LogP contribution is 2.28. The molecule has 4 unspecified atom stereocenters. The van der Waals surface area contributed by atoms with Gasteiger partial charge in [-0.2, -0.15) is 0 Å². The summed E-state index contributed by atoms with van der Waals surface area (Å²) < 4.78 is 0. The molecule has 2 heterocycles. The van der Waals surface area contributed by atoms with Crippen LogP contribution in [0.1, 0.15) is 38.8 Å². The third-order valence-electron chi connectivity index (χ3n) is 4.68. The van der Waals surface area contributed by atoms with E-state index in [1.807, 2.05) is 18.5 Å². The average Bonchev–Trinajstić information content (AvgIpc) is 2.46. The van der Waals surface area contributed by atoms with Crippen LogP contribution < -0.4 is 5.73 Å². The van der Waals surface area contributed by atoms with Crippen molar-refractivity contribution in [2.45, 2.75) is 51.4 Å². The van der Waals surface area contributed by atoms with Gasteiger partial charge in [0.05, 0.1) is 6.04 Å². The highest BCUT2D eigenvalue weighted by molar-refractivity contribution is 5.17. The Balaban J connectivity index is 2.24. The zero-order valence-electron chi connectivity index (χ0n) is 13.2. The van der Waals surface area contributed by atoms with Gasteiger partial charge in [-0.15, -0.1) is 0 Å². The van der Waals surface area contributed by atoms with Crippen LogP contribution in [0.15, 0.2) is 24.5 Å². The molecule has 4 atom stereocenters. The summed E-state index contributed by atoms with van der Waals surface area (Å²) in [5.41, 5.74) is 7.66. The maximum Gasteiger partial charge on any atom is 0.0515 e. The van der Waals surface area contributed by atoms with Crippen LogP contribution in [-0.4, -0.2) is 53.0 Å². The van der Waals surface area contributed by atoms with Crippen LogP contribution in [-0.2, 0) is 0 Å². The van der Waals surface area contributed by atoms with Crippen molar-refractivity contribution < 1.29 is 0 Å². The van der Waals surface area contributed by atoms with Crippen molar-refractivity contribution in [1.29, 1.82) is 0 Å². The van der Waals surface area contributed by atoms with Crippen molar-refractivity contribution in [2.24, 2.45) is 5.73 Å². The van der Waals surface area contributed by atoms with E-state index in [0.29, 0.717) is 12.1 Å². The zero-order chi connectivity index (χ0) is 14.7. The number of aromatic nitrogens is 1. The van der Waals surface area contributed by atoms with Gasteiger partial charge in [0.2, 0.25) is 0 Å². The second-order valence-electron chi connectivity index (χ2n) is 6.12. The first kappa shape index (κ1) is 15.4. The standard InChI is InChI=1S/C16H28N4/c1-5-15(17)16(14-7-6-8-18-9-14)20-10-12(2)19(4)13(3)11-20/h6-9,12-13,15-16H,5,10-11,17H2,1-4H3. The van der Waals surface area contributed by atoms with E-state index < -0.39 is 0 Å². The van der Waals surface area contributed by atoms with Crippen LogP contribution in [0.25, 0.3) is 0 Å². The summed E-state index contributed by atoms with van der Waals surface area (Å²) >= 11 is 0. The van der Waals surface area contributed by atoms with Crippen LogP contribution in [0, 0.1) is 0 Å². The average molecular weight is 276 g/mol. The van der Waals surface area contributed by atoms with Gasteiger partial charge < -0.3 is 5.73 Å². The molecule has 0 saturated carbocycles. The number of likely N-dealkylation sites (N-methyl/N-ethyl adjacent to an activating group) is 1. The second-order valence-corrected chi connectivity index (χ2v) is 6.12. The molecule has 0 aliphatic carbocycles. The summed E-state index contributed by atoms with van der Waals surface area (Å²) in [7, 11) is 2.21. The maximum atomic E-state index is 6.42. The fraction of sp³-hybridized carbons (Fsp3) is 0.688. The Kier molecular flexibility index (Phi) is 5.13. The lowest BCUT2D eigenvalue weighted by Crippen LogP contribution is -2.57. The molecule has 20 heavy (non-hydrogen) atoms. The summed E-state index contributed by atoms with van der Waals surface area (Å²) in [6, 6.07) is 5.70. The number of hydrogen-bond donors (Lipinski definition) is 1. The Labute approximate surface area is 123 Å². The minimum absolute atomic E-state index is 0.155. The number of nitrogens with two attached hydrogens (primary N) is 1. The monoisotopic (exact) mass is 276 g/mol. The van der Waals surface area contributed by atoms with Crippen LogP contribution in [0.5, 0.6) is 0 Å². The number of rotatable bonds is 4. The van der Waals surface area contributed by atoms with Gasteiger partial charge in [0.25, 0.3) is 0 Å². The van der Waals surface area contributed by atoms with Crippen LogP contribution in [0.3, 0.4) is 0 Å². The minimum atomic E-state index is 0.155. The van der Waals surface area contributed by atoms with Crippen molar-refractivity contribution in [3.63, 3.8) is 0 Å². The first-order valence-corrected chi connectivity index (χ1v) is 7.66. The number of piperazine rings is 1. The predicted octanol–water partition coefficient (Wildman–Crippen LogP) is 1.88. The van der Waals surface area contributed by atoms with E-state index >= 15 is 0 Å². The minimum Gasteiger partial charge on any atom is -0.326 e. The molecule has 4 heteroatoms. The molecule has 1 saturated heterocycles. The van der Waals surface area contributed by atoms with Gasteiger partial charge in [-0.1, -0.05) is 13.0 Å². The quantitative estimate of drug-likeness (QED) is 0.912. The van der Waals surface area contributed by atoms with Crippen LogP contribution >= 0.6 is 0 Å². The van der Waals surface area contributed by atoms with E-state index in [1.165, 1.54) is 5.56 Å². The molecule has 1 aliphatic rings. The molecule has 1 aromatic rings. The van der Waals surface area contributed by atoms with E-state index in [2.05, 4.69) is 48.7 Å². The first-order valence-electron chi connectivity index (χ1n) is 7.66. The Morgan fingerprint density at radius 1 is 1.35 bits per heavy atom. The lowest BCUT2D eigenvalue weighted by molar-refractivity contribution is 0.0253. The van der Waals surface area contributed by atoms with Crippen molar-refractivity contribution in [3.8, 4) is 0 Å². The molecule has 1 fully saturated rings. The van der Waals surface area contributed by atoms with Crippen molar-refractivity contribution in [1.82, 2.24) is 14.8 Å². The normalized spacial score (nSPS) is 28.2. The predicted molar refractivity (Wildman–Crippen MR) is 83.5 cm³/mol. The summed E-state index contributed by atoms with van der Waals surface area (Å²) in [5.74, 6) is 0. The lowest BCUT2D eigenvalue weighted by atomic mass is 9.95. The van der Waals surface area contributed by atoms with Crippen molar-refractivity contribution in [2.75, 3.05) is 20.1 Å². The molecule has 2 N–H and O–H groups in total. The second kappa shape index (κ2) is 6.66. The van der Waals surface area contributed by atoms with Gasteiger partial charge in [-0.3, -0.25) is 14.8 Å². The van der Waals surface area contributed by atoms with Crippen LogP contribution in [0.4, 0.5) is 0 Å². The van der Waals surface area contributed by atoms with E-state index in [0.717, 1.165) is 19.5 Å². The topological polar surface area (TPSA) is 45.4 Å². The van der Waals surface area contributed by atoms with E-state index in [1.54, 1.807) is 0 Å². The first-order chi connectivity index (χ1) is 9.54. The number of nitrogens with zero attached hydrogens (tertiary/aromatic N) is 3. The molecule has 0 amide bonds. The fourth-order valence-corrected chi connectivity index (χ4v) is 3.18. The Morgan fingerprint density at radius 3 is 2.50 bits per heavy atom. The molecule has 4 nitrogen and oxygen atoms in total. The van der Waals surface area contributed by atoms with Gasteiger partial charge in [0, 0.05) is 43.6 Å². The molecule has 1 aliphatic heterocycles. The van der Waals surface area contributed by atoms with Gasteiger partial charge in [-0.05, 0) is 38.9 Å². The fourth-order valence-electron chi connectivity index (χ4n) is 3.18. The summed E-state index contributed by atoms with van der Waals surface area (Å²) in [6.07, 6.45) is 4.77. The molecular weight excluding hydrogens is 248 g/mol. The Hall–Kier alpha value is -0.970. The third-order valence-corrected chi connectivity index (χ3v) is 4.68. The largest absolute Gasteiger partial charge is 0.326 e. The van der Waals surface area contributed by atoms with Crippen LogP contribution in [0.2, 0.25) is 0 Å². The highest BCUT2D eigenvalue weighted by atomic mass is 15.3. The Morgan fingerprint density at radius 2 is 2.00 bits per heavy atom. The van der Waals surface area contributed by atoms with E-state index in [-0.39, 0.29) is 12.1 Å². The molecule has 0 bridgehead atoms. The van der Waals surface area contributed by atoms with Gasteiger partial charge in [-0.25, -0.2) is 0 Å². The number of hydrogen-bond acceptors (Lipinski definition) is 4. The molecule has 2 rings (SSSR count). The third kappa shape index (κ3) is 3.19. The molecule has 0 spiro atoms.